The fourth-order valence-corrected chi connectivity index (χ4v) is 1.54. The number of aliphatic carboxylic acids is 1. The monoisotopic (exact) mass is 261 g/mol. The first kappa shape index (κ1) is 17.4. The lowest BCUT2D eigenvalue weighted by Crippen LogP contribution is -2.38. The fourth-order valence-electron chi connectivity index (χ4n) is 1.54. The molecule has 1 unspecified atom stereocenters. The number of aliphatic hydroxyl groups excluding tert-OH is 1. The van der Waals surface area contributed by atoms with Crippen molar-refractivity contribution in [1.29, 1.82) is 0 Å². The van der Waals surface area contributed by atoms with Crippen LogP contribution in [0, 0.1) is 10.8 Å². The molecule has 0 bridgehead atoms. The third-order valence-corrected chi connectivity index (χ3v) is 2.49. The number of carboxylic acid groups (broad SMARTS) is 1. The van der Waals surface area contributed by atoms with Gasteiger partial charge in [0.1, 0.15) is 6.23 Å². The quantitative estimate of drug-likeness (QED) is 0.548. The average molecular weight is 261 g/mol. The molecule has 108 valence electrons. The molecule has 18 heavy (non-hydrogen) atoms. The third-order valence-electron chi connectivity index (χ3n) is 2.49. The first-order chi connectivity index (χ1) is 8.04. The van der Waals surface area contributed by atoms with Gasteiger partial charge in [-0.05, 0) is 12.3 Å². The van der Waals surface area contributed by atoms with E-state index in [0.29, 0.717) is 19.8 Å². The number of aliphatic hydroxyl groups is 1. The minimum absolute atomic E-state index is 0.0966. The van der Waals surface area contributed by atoms with Gasteiger partial charge in [0.15, 0.2) is 0 Å². The number of rotatable bonds is 9. The van der Waals surface area contributed by atoms with Gasteiger partial charge in [-0.25, -0.2) is 0 Å². The first-order valence-corrected chi connectivity index (χ1v) is 6.25. The first-order valence-electron chi connectivity index (χ1n) is 6.25. The van der Waals surface area contributed by atoms with Crippen molar-refractivity contribution in [2.24, 2.45) is 10.8 Å². The summed E-state index contributed by atoms with van der Waals surface area (Å²) in [5.74, 6) is -0.807. The van der Waals surface area contributed by atoms with Gasteiger partial charge in [0, 0.05) is 12.0 Å². The van der Waals surface area contributed by atoms with Crippen LogP contribution in [-0.2, 0) is 9.53 Å². The maximum Gasteiger partial charge on any atom is 0.303 e. The maximum atomic E-state index is 10.7. The molecular weight excluding hydrogens is 234 g/mol. The van der Waals surface area contributed by atoms with Gasteiger partial charge in [0.25, 0.3) is 0 Å². The highest BCUT2D eigenvalue weighted by molar-refractivity contribution is 5.67. The molecule has 0 aliphatic carbocycles. The van der Waals surface area contributed by atoms with E-state index in [1.54, 1.807) is 6.92 Å². The van der Waals surface area contributed by atoms with E-state index in [9.17, 15) is 4.79 Å². The van der Waals surface area contributed by atoms with Crippen molar-refractivity contribution in [2.45, 2.75) is 47.3 Å². The molecule has 0 rings (SSSR count). The molecule has 0 saturated heterocycles. The summed E-state index contributed by atoms with van der Waals surface area (Å²) in [5, 5.41) is 20.9. The van der Waals surface area contributed by atoms with Gasteiger partial charge in [-0.2, -0.15) is 0 Å². The van der Waals surface area contributed by atoms with Crippen LogP contribution >= 0.6 is 0 Å². The summed E-state index contributed by atoms with van der Waals surface area (Å²) in [6, 6.07) is 0. The van der Waals surface area contributed by atoms with Gasteiger partial charge in [0.05, 0.1) is 19.6 Å². The second kappa shape index (κ2) is 7.07. The largest absolute Gasteiger partial charge is 0.481 e. The van der Waals surface area contributed by atoms with Crippen LogP contribution in [0.1, 0.15) is 41.0 Å². The van der Waals surface area contributed by atoms with E-state index in [0.717, 1.165) is 0 Å². The molecule has 5 nitrogen and oxygen atoms in total. The number of nitrogens with one attached hydrogen (secondary N) is 1. The van der Waals surface area contributed by atoms with Crippen molar-refractivity contribution in [3.05, 3.63) is 0 Å². The van der Waals surface area contributed by atoms with Crippen molar-refractivity contribution >= 4 is 5.97 Å². The van der Waals surface area contributed by atoms with Gasteiger partial charge in [0.2, 0.25) is 0 Å². The molecule has 0 radical (unpaired) electrons. The zero-order chi connectivity index (χ0) is 14.4. The van der Waals surface area contributed by atoms with E-state index in [1.165, 1.54) is 0 Å². The highest BCUT2D eigenvalue weighted by Crippen LogP contribution is 2.22. The molecule has 0 aliphatic heterocycles. The minimum Gasteiger partial charge on any atom is -0.481 e. The minimum atomic E-state index is -0.807. The zero-order valence-corrected chi connectivity index (χ0v) is 12.1. The van der Waals surface area contributed by atoms with Gasteiger partial charge in [-0.15, -0.1) is 0 Å². The Morgan fingerprint density at radius 1 is 1.22 bits per heavy atom. The van der Waals surface area contributed by atoms with Crippen LogP contribution in [0.5, 0.6) is 0 Å². The number of carbonyl (C=O) groups is 1. The SMILES string of the molecule is CC(O)NCC(C)(C)COCC(C)(C)CC(=O)O. The summed E-state index contributed by atoms with van der Waals surface area (Å²) in [7, 11) is 0. The molecule has 0 aromatic heterocycles. The second-order valence-electron chi connectivity index (χ2n) is 6.45. The Bertz CT molecular complexity index is 262. The number of hydrogen-bond acceptors (Lipinski definition) is 4. The van der Waals surface area contributed by atoms with E-state index in [2.05, 4.69) is 5.32 Å². The van der Waals surface area contributed by atoms with Crippen LogP contribution in [0.15, 0.2) is 0 Å². The molecule has 0 aromatic rings. The molecule has 3 N–H and O–H groups in total. The maximum absolute atomic E-state index is 10.7. The summed E-state index contributed by atoms with van der Waals surface area (Å²) in [5.41, 5.74) is -0.462. The predicted octanol–water partition coefficient (Wildman–Crippen LogP) is 1.46. The lowest BCUT2D eigenvalue weighted by atomic mass is 9.90. The van der Waals surface area contributed by atoms with E-state index >= 15 is 0 Å². The Hall–Kier alpha value is -0.650. The molecule has 0 amide bonds. The lowest BCUT2D eigenvalue weighted by molar-refractivity contribution is -0.140. The number of hydrogen-bond donors (Lipinski definition) is 3. The smallest absolute Gasteiger partial charge is 0.303 e. The highest BCUT2D eigenvalue weighted by Gasteiger charge is 2.24. The van der Waals surface area contributed by atoms with Crippen LogP contribution in [0.2, 0.25) is 0 Å². The van der Waals surface area contributed by atoms with Crippen molar-refractivity contribution in [3.8, 4) is 0 Å². The van der Waals surface area contributed by atoms with E-state index < -0.39 is 12.2 Å². The van der Waals surface area contributed by atoms with Crippen LogP contribution in [0.25, 0.3) is 0 Å². The second-order valence-corrected chi connectivity index (χ2v) is 6.45. The Labute approximate surface area is 110 Å². The summed E-state index contributed by atoms with van der Waals surface area (Å²) < 4.78 is 5.61. The molecule has 0 saturated carbocycles. The Kier molecular flexibility index (Phi) is 6.81. The molecule has 1 atom stereocenters. The lowest BCUT2D eigenvalue weighted by Gasteiger charge is -2.29. The molecule has 0 heterocycles. The number of ether oxygens (including phenoxy) is 1. The summed E-state index contributed by atoms with van der Waals surface area (Å²) >= 11 is 0. The molecule has 5 heteroatoms. The normalized spacial score (nSPS) is 14.6. The van der Waals surface area contributed by atoms with Crippen molar-refractivity contribution in [1.82, 2.24) is 5.32 Å². The van der Waals surface area contributed by atoms with Gasteiger partial charge < -0.3 is 14.9 Å². The van der Waals surface area contributed by atoms with Crippen molar-refractivity contribution in [3.63, 3.8) is 0 Å². The van der Waals surface area contributed by atoms with Crippen molar-refractivity contribution in [2.75, 3.05) is 19.8 Å². The van der Waals surface area contributed by atoms with Gasteiger partial charge in [-0.1, -0.05) is 27.7 Å². The Morgan fingerprint density at radius 3 is 2.17 bits per heavy atom. The zero-order valence-electron chi connectivity index (χ0n) is 12.1. The Balaban J connectivity index is 3.98. The summed E-state index contributed by atoms with van der Waals surface area (Å²) in [4.78, 5) is 10.7. The van der Waals surface area contributed by atoms with Gasteiger partial charge in [-0.3, -0.25) is 10.1 Å². The molecular formula is C13H27NO4. The predicted molar refractivity (Wildman–Crippen MR) is 70.3 cm³/mol. The van der Waals surface area contributed by atoms with Crippen LogP contribution in [-0.4, -0.2) is 42.2 Å². The van der Waals surface area contributed by atoms with E-state index in [4.69, 9.17) is 14.9 Å². The highest BCUT2D eigenvalue weighted by atomic mass is 16.5. The topological polar surface area (TPSA) is 78.8 Å². The standard InChI is InChI=1S/C13H27NO4/c1-10(15)14-7-13(4,5)9-18-8-12(2,3)6-11(16)17/h10,14-15H,6-9H2,1-5H3,(H,16,17). The Morgan fingerprint density at radius 2 is 1.72 bits per heavy atom. The molecule has 0 aliphatic rings. The average Bonchev–Trinajstić information content (AvgIpc) is 2.12. The van der Waals surface area contributed by atoms with E-state index in [1.807, 2.05) is 27.7 Å². The summed E-state index contributed by atoms with van der Waals surface area (Å²) in [6.07, 6.45) is -0.438. The van der Waals surface area contributed by atoms with Crippen LogP contribution < -0.4 is 5.32 Å². The third kappa shape index (κ3) is 9.39. The van der Waals surface area contributed by atoms with Crippen molar-refractivity contribution < 1.29 is 19.7 Å². The molecule has 0 fully saturated rings. The van der Waals surface area contributed by atoms with Crippen LogP contribution in [0.4, 0.5) is 0 Å². The molecule has 0 spiro atoms. The fraction of sp³-hybridized carbons (Fsp3) is 0.923. The van der Waals surface area contributed by atoms with Crippen LogP contribution in [0.3, 0.4) is 0 Å². The molecule has 0 aromatic carbocycles. The summed E-state index contributed by atoms with van der Waals surface area (Å²) in [6.45, 7) is 11.1. The number of carboxylic acids is 1. The van der Waals surface area contributed by atoms with E-state index in [-0.39, 0.29) is 17.3 Å². The van der Waals surface area contributed by atoms with Gasteiger partial charge >= 0.3 is 5.97 Å².